The third-order valence-electron chi connectivity index (χ3n) is 5.09. The van der Waals surface area contributed by atoms with Crippen LogP contribution in [0.1, 0.15) is 19.3 Å². The lowest BCUT2D eigenvalue weighted by molar-refractivity contribution is 0.133. The van der Waals surface area contributed by atoms with E-state index in [4.69, 9.17) is 4.98 Å². The molecule has 0 amide bonds. The van der Waals surface area contributed by atoms with Crippen LogP contribution >= 0.6 is 11.8 Å². The van der Waals surface area contributed by atoms with E-state index in [0.29, 0.717) is 0 Å². The summed E-state index contributed by atoms with van der Waals surface area (Å²) in [6, 6.07) is 9.58. The predicted octanol–water partition coefficient (Wildman–Crippen LogP) is 3.63. The average molecular weight is 313 g/mol. The first-order valence-corrected chi connectivity index (χ1v) is 9.49. The van der Waals surface area contributed by atoms with Gasteiger partial charge in [-0.3, -0.25) is 4.90 Å². The summed E-state index contributed by atoms with van der Waals surface area (Å²) in [4.78, 5) is 11.3. The van der Waals surface area contributed by atoms with Crippen molar-refractivity contribution in [1.29, 1.82) is 0 Å². The fourth-order valence-corrected chi connectivity index (χ4v) is 4.30. The topological polar surface area (TPSA) is 19.4 Å². The van der Waals surface area contributed by atoms with Crippen LogP contribution in [-0.2, 0) is 0 Å². The van der Waals surface area contributed by atoms with Gasteiger partial charge in [0.15, 0.2) is 0 Å². The van der Waals surface area contributed by atoms with E-state index >= 15 is 0 Å². The van der Waals surface area contributed by atoms with Crippen LogP contribution in [0.15, 0.2) is 35.4 Å². The standard InChI is InChI=1S/C18H23N3S/c1-22-16-6-5-14-7-8-19-18(17(14)12-16)21-11-10-20-9-3-2-4-15(20)13-21/h5-8,12,15H,2-4,9-11,13H2,1H3. The molecule has 2 saturated heterocycles. The van der Waals surface area contributed by atoms with Crippen molar-refractivity contribution in [2.75, 3.05) is 37.3 Å². The summed E-state index contributed by atoms with van der Waals surface area (Å²) >= 11 is 1.80. The maximum atomic E-state index is 4.74. The molecule has 1 aromatic carbocycles. The molecule has 1 unspecified atom stereocenters. The highest BCUT2D eigenvalue weighted by Crippen LogP contribution is 2.31. The van der Waals surface area contributed by atoms with Gasteiger partial charge in [-0.1, -0.05) is 12.5 Å². The van der Waals surface area contributed by atoms with Gasteiger partial charge in [-0.25, -0.2) is 4.98 Å². The van der Waals surface area contributed by atoms with Crippen molar-refractivity contribution in [3.8, 4) is 0 Å². The number of rotatable bonds is 2. The zero-order valence-electron chi connectivity index (χ0n) is 13.2. The van der Waals surface area contributed by atoms with Crippen LogP contribution < -0.4 is 4.90 Å². The molecule has 0 bridgehead atoms. The molecule has 2 aliphatic heterocycles. The molecule has 2 aromatic rings. The van der Waals surface area contributed by atoms with Gasteiger partial charge in [0.1, 0.15) is 5.82 Å². The number of anilines is 1. The highest BCUT2D eigenvalue weighted by molar-refractivity contribution is 7.98. The molecule has 0 spiro atoms. The van der Waals surface area contributed by atoms with E-state index in [2.05, 4.69) is 40.3 Å². The third-order valence-corrected chi connectivity index (χ3v) is 5.81. The summed E-state index contributed by atoms with van der Waals surface area (Å²) in [7, 11) is 0. The minimum Gasteiger partial charge on any atom is -0.353 e. The van der Waals surface area contributed by atoms with Crippen LogP contribution in [0.4, 0.5) is 5.82 Å². The van der Waals surface area contributed by atoms with Gasteiger partial charge < -0.3 is 4.90 Å². The van der Waals surface area contributed by atoms with Gasteiger partial charge >= 0.3 is 0 Å². The molecular weight excluding hydrogens is 290 g/mol. The van der Waals surface area contributed by atoms with Crippen molar-refractivity contribution in [3.05, 3.63) is 30.5 Å². The summed E-state index contributed by atoms with van der Waals surface area (Å²) in [5.74, 6) is 1.18. The molecular formula is C18H23N3S. The van der Waals surface area contributed by atoms with Crippen molar-refractivity contribution < 1.29 is 0 Å². The number of aromatic nitrogens is 1. The van der Waals surface area contributed by atoms with Gasteiger partial charge in [-0.2, -0.15) is 0 Å². The summed E-state index contributed by atoms with van der Waals surface area (Å²) in [6.45, 7) is 4.71. The number of thioether (sulfide) groups is 1. The maximum Gasteiger partial charge on any atom is 0.136 e. The molecule has 2 aliphatic rings. The first kappa shape index (κ1) is 14.3. The van der Waals surface area contributed by atoms with Gasteiger partial charge in [0.05, 0.1) is 0 Å². The molecule has 3 heterocycles. The fourth-order valence-electron chi connectivity index (χ4n) is 3.86. The van der Waals surface area contributed by atoms with E-state index < -0.39 is 0 Å². The molecule has 3 nitrogen and oxygen atoms in total. The monoisotopic (exact) mass is 313 g/mol. The lowest BCUT2D eigenvalue weighted by Gasteiger charge is -2.44. The molecule has 4 rings (SSSR count). The molecule has 22 heavy (non-hydrogen) atoms. The van der Waals surface area contributed by atoms with Crippen LogP contribution in [0, 0.1) is 0 Å². The molecule has 0 N–H and O–H groups in total. The van der Waals surface area contributed by atoms with Crippen LogP contribution in [0.3, 0.4) is 0 Å². The van der Waals surface area contributed by atoms with Crippen LogP contribution in [0.2, 0.25) is 0 Å². The Labute approximate surface area is 136 Å². The Bertz CT molecular complexity index is 672. The maximum absolute atomic E-state index is 4.74. The molecule has 1 aromatic heterocycles. The van der Waals surface area contributed by atoms with Crippen molar-refractivity contribution in [2.45, 2.75) is 30.2 Å². The average Bonchev–Trinajstić information content (AvgIpc) is 2.60. The second kappa shape index (κ2) is 6.09. The summed E-state index contributed by atoms with van der Waals surface area (Å²) < 4.78 is 0. The van der Waals surface area contributed by atoms with E-state index in [0.717, 1.165) is 19.1 Å². The predicted molar refractivity (Wildman–Crippen MR) is 94.9 cm³/mol. The lowest BCUT2D eigenvalue weighted by atomic mass is 9.99. The van der Waals surface area contributed by atoms with Crippen LogP contribution in [0.5, 0.6) is 0 Å². The molecule has 116 valence electrons. The van der Waals surface area contributed by atoms with E-state index in [-0.39, 0.29) is 0 Å². The normalized spacial score (nSPS) is 22.8. The smallest absolute Gasteiger partial charge is 0.136 e. The fraction of sp³-hybridized carbons (Fsp3) is 0.500. The minimum atomic E-state index is 0.725. The van der Waals surface area contributed by atoms with Gasteiger partial charge in [0.25, 0.3) is 0 Å². The van der Waals surface area contributed by atoms with Gasteiger partial charge in [0.2, 0.25) is 0 Å². The number of hydrogen-bond donors (Lipinski definition) is 0. The van der Waals surface area contributed by atoms with Crippen molar-refractivity contribution in [3.63, 3.8) is 0 Å². The molecule has 4 heteroatoms. The minimum absolute atomic E-state index is 0.725. The van der Waals surface area contributed by atoms with E-state index in [1.165, 1.54) is 53.8 Å². The highest BCUT2D eigenvalue weighted by atomic mass is 32.2. The Morgan fingerprint density at radius 3 is 3.00 bits per heavy atom. The van der Waals surface area contributed by atoms with E-state index in [1.807, 2.05) is 6.20 Å². The highest BCUT2D eigenvalue weighted by Gasteiger charge is 2.29. The van der Waals surface area contributed by atoms with Gasteiger partial charge in [-0.05, 0) is 49.2 Å². The first-order chi connectivity index (χ1) is 10.8. The van der Waals surface area contributed by atoms with Crippen molar-refractivity contribution in [1.82, 2.24) is 9.88 Å². The zero-order chi connectivity index (χ0) is 14.9. The molecule has 0 radical (unpaired) electrons. The summed E-state index contributed by atoms with van der Waals surface area (Å²) in [6.07, 6.45) is 8.20. The Kier molecular flexibility index (Phi) is 3.97. The summed E-state index contributed by atoms with van der Waals surface area (Å²) in [5.41, 5.74) is 0. The molecule has 1 atom stereocenters. The van der Waals surface area contributed by atoms with Crippen LogP contribution in [0.25, 0.3) is 10.8 Å². The Morgan fingerprint density at radius 1 is 1.14 bits per heavy atom. The number of piperazine rings is 1. The quantitative estimate of drug-likeness (QED) is 0.788. The molecule has 2 fully saturated rings. The number of fused-ring (bicyclic) bond motifs is 2. The van der Waals surface area contributed by atoms with Crippen molar-refractivity contribution in [2.24, 2.45) is 0 Å². The van der Waals surface area contributed by atoms with Gasteiger partial charge in [0, 0.05) is 42.2 Å². The third kappa shape index (κ3) is 2.59. The number of benzene rings is 1. The number of nitrogens with zero attached hydrogens (tertiary/aromatic N) is 3. The lowest BCUT2D eigenvalue weighted by Crippen LogP contribution is -2.55. The second-order valence-corrected chi connectivity index (χ2v) is 7.23. The number of hydrogen-bond acceptors (Lipinski definition) is 4. The van der Waals surface area contributed by atoms with E-state index in [1.54, 1.807) is 11.8 Å². The van der Waals surface area contributed by atoms with Gasteiger partial charge in [-0.15, -0.1) is 11.8 Å². The second-order valence-electron chi connectivity index (χ2n) is 6.35. The first-order valence-electron chi connectivity index (χ1n) is 8.27. The number of pyridine rings is 1. The summed E-state index contributed by atoms with van der Waals surface area (Å²) in [5, 5.41) is 2.60. The Balaban J connectivity index is 1.68. The largest absolute Gasteiger partial charge is 0.353 e. The van der Waals surface area contributed by atoms with Crippen LogP contribution in [-0.4, -0.2) is 48.4 Å². The Hall–Kier alpha value is -1.26. The van der Waals surface area contributed by atoms with E-state index in [9.17, 15) is 0 Å². The molecule has 0 aliphatic carbocycles. The Morgan fingerprint density at radius 2 is 2.09 bits per heavy atom. The SMILES string of the molecule is CSc1ccc2ccnc(N3CCN4CCCCC4C3)c2c1. The van der Waals surface area contributed by atoms with Crippen molar-refractivity contribution >= 4 is 28.4 Å². The zero-order valence-corrected chi connectivity index (χ0v) is 14.0. The molecule has 0 saturated carbocycles. The number of piperidine rings is 1.